The van der Waals surface area contributed by atoms with Crippen molar-refractivity contribution in [3.8, 4) is 0 Å². The maximum Gasteiger partial charge on any atom is 0.308 e. The molecule has 2 heterocycles. The molecule has 4 rings (SSSR count). The molecule has 162 valence electrons. The molecule has 3 aliphatic rings. The van der Waals surface area contributed by atoms with E-state index in [4.69, 9.17) is 16.3 Å². The van der Waals surface area contributed by atoms with Gasteiger partial charge in [-0.05, 0) is 56.2 Å². The average molecular weight is 433 g/mol. The minimum atomic E-state index is -0.431. The largest absolute Gasteiger partial charge is 0.469 e. The second-order valence-electron chi connectivity index (χ2n) is 8.71. The van der Waals surface area contributed by atoms with Gasteiger partial charge in [0.15, 0.2) is 0 Å². The highest BCUT2D eigenvalue weighted by Crippen LogP contribution is 2.41. The lowest BCUT2D eigenvalue weighted by Gasteiger charge is -2.37. The summed E-state index contributed by atoms with van der Waals surface area (Å²) in [5, 5.41) is 0.521. The summed E-state index contributed by atoms with van der Waals surface area (Å²) in [6.07, 6.45) is 6.22. The van der Waals surface area contributed by atoms with E-state index in [1.807, 2.05) is 9.80 Å². The maximum atomic E-state index is 13.5. The van der Waals surface area contributed by atoms with Crippen LogP contribution in [0.15, 0.2) is 24.3 Å². The van der Waals surface area contributed by atoms with Crippen LogP contribution in [0.1, 0.15) is 55.3 Å². The fraction of sp³-hybridized carbons (Fsp3) is 0.609. The van der Waals surface area contributed by atoms with Gasteiger partial charge in [-0.15, -0.1) is 0 Å². The molecule has 3 atom stereocenters. The van der Waals surface area contributed by atoms with Crippen LogP contribution in [0.4, 0.5) is 0 Å². The van der Waals surface area contributed by atoms with Gasteiger partial charge in [-0.25, -0.2) is 0 Å². The number of nitrogens with zero attached hydrogens (tertiary/aromatic N) is 2. The summed E-state index contributed by atoms with van der Waals surface area (Å²) < 4.78 is 4.85. The average Bonchev–Trinajstić information content (AvgIpc) is 3.17. The Morgan fingerprint density at radius 3 is 2.50 bits per heavy atom. The first-order valence-corrected chi connectivity index (χ1v) is 11.3. The van der Waals surface area contributed by atoms with E-state index in [2.05, 4.69) is 0 Å². The quantitative estimate of drug-likeness (QED) is 0.685. The molecule has 0 N–H and O–H groups in total. The minimum absolute atomic E-state index is 0.0168. The van der Waals surface area contributed by atoms with Gasteiger partial charge in [0, 0.05) is 29.7 Å². The van der Waals surface area contributed by atoms with E-state index >= 15 is 0 Å². The fourth-order valence-corrected chi connectivity index (χ4v) is 5.65. The van der Waals surface area contributed by atoms with Crippen molar-refractivity contribution in [3.63, 3.8) is 0 Å². The second kappa shape index (κ2) is 8.96. The molecule has 1 aromatic rings. The van der Waals surface area contributed by atoms with Crippen LogP contribution in [0.2, 0.25) is 5.02 Å². The minimum Gasteiger partial charge on any atom is -0.469 e. The van der Waals surface area contributed by atoms with Crippen molar-refractivity contribution in [1.82, 2.24) is 9.80 Å². The van der Waals surface area contributed by atoms with E-state index in [1.54, 1.807) is 24.3 Å². The first-order chi connectivity index (χ1) is 14.5. The molecular weight excluding hydrogens is 404 g/mol. The monoisotopic (exact) mass is 432 g/mol. The number of amides is 2. The summed E-state index contributed by atoms with van der Waals surface area (Å²) in [5.41, 5.74) is 0.538. The Hall–Kier alpha value is -2.08. The van der Waals surface area contributed by atoms with E-state index in [-0.39, 0.29) is 29.7 Å². The Kier molecular flexibility index (Phi) is 6.32. The van der Waals surface area contributed by atoms with Crippen LogP contribution in [-0.4, -0.2) is 59.9 Å². The molecule has 2 amide bonds. The lowest BCUT2D eigenvalue weighted by atomic mass is 9.84. The molecule has 0 aromatic heterocycles. The van der Waals surface area contributed by atoms with Crippen molar-refractivity contribution in [2.45, 2.75) is 57.0 Å². The number of rotatable bonds is 3. The Morgan fingerprint density at radius 2 is 1.80 bits per heavy atom. The lowest BCUT2D eigenvalue weighted by Crippen LogP contribution is -2.52. The number of esters is 1. The third-order valence-electron chi connectivity index (χ3n) is 7.02. The molecule has 1 aromatic carbocycles. The Balaban J connectivity index is 1.53. The van der Waals surface area contributed by atoms with Gasteiger partial charge in [-0.3, -0.25) is 14.4 Å². The molecule has 3 unspecified atom stereocenters. The van der Waals surface area contributed by atoms with Gasteiger partial charge in [-0.1, -0.05) is 30.5 Å². The van der Waals surface area contributed by atoms with Crippen LogP contribution in [0.3, 0.4) is 0 Å². The van der Waals surface area contributed by atoms with E-state index in [1.165, 1.54) is 7.11 Å². The van der Waals surface area contributed by atoms with E-state index in [0.717, 1.165) is 32.1 Å². The van der Waals surface area contributed by atoms with Crippen molar-refractivity contribution < 1.29 is 19.1 Å². The highest BCUT2D eigenvalue weighted by molar-refractivity contribution is 6.31. The third kappa shape index (κ3) is 4.07. The highest BCUT2D eigenvalue weighted by Gasteiger charge is 2.49. The maximum absolute atomic E-state index is 13.5. The first kappa shape index (κ1) is 21.2. The number of methoxy groups -OCH3 is 1. The van der Waals surface area contributed by atoms with E-state index < -0.39 is 6.04 Å². The molecule has 3 fully saturated rings. The summed E-state index contributed by atoms with van der Waals surface area (Å²) in [7, 11) is 1.40. The number of carbonyl (C=O) groups is 3. The SMILES string of the molecule is COC(=O)C1CCN(C(=O)C2CC3CCCCC3N2C(=O)c2cccc(Cl)c2)CC1. The van der Waals surface area contributed by atoms with Crippen LogP contribution in [0.25, 0.3) is 0 Å². The van der Waals surface area contributed by atoms with Crippen molar-refractivity contribution in [2.75, 3.05) is 20.2 Å². The predicted octanol–water partition coefficient (Wildman–Crippen LogP) is 3.52. The number of benzene rings is 1. The molecule has 2 saturated heterocycles. The fourth-order valence-electron chi connectivity index (χ4n) is 5.46. The zero-order valence-electron chi connectivity index (χ0n) is 17.4. The molecule has 1 saturated carbocycles. The normalized spacial score (nSPS) is 26.9. The molecule has 6 nitrogen and oxygen atoms in total. The van der Waals surface area contributed by atoms with Crippen molar-refractivity contribution >= 4 is 29.4 Å². The van der Waals surface area contributed by atoms with Crippen molar-refractivity contribution in [2.24, 2.45) is 11.8 Å². The summed E-state index contributed by atoms with van der Waals surface area (Å²) in [6.45, 7) is 1.06. The lowest BCUT2D eigenvalue weighted by molar-refractivity contribution is -0.149. The standard InChI is InChI=1S/C23H29ClN2O4/c1-30-23(29)15-9-11-25(12-10-15)22(28)20-14-16-5-2-3-8-19(16)26(20)21(27)17-6-4-7-18(24)13-17/h4,6-7,13,15-16,19-20H,2-3,5,8-12,14H2,1H3. The molecule has 0 radical (unpaired) electrons. The van der Waals surface area contributed by atoms with Gasteiger partial charge < -0.3 is 14.5 Å². The van der Waals surface area contributed by atoms with Crippen LogP contribution < -0.4 is 0 Å². The van der Waals surface area contributed by atoms with Gasteiger partial charge in [0.1, 0.15) is 6.04 Å². The summed E-state index contributed by atoms with van der Waals surface area (Å²) >= 11 is 6.12. The zero-order chi connectivity index (χ0) is 21.3. The van der Waals surface area contributed by atoms with Gasteiger partial charge in [0.05, 0.1) is 13.0 Å². The Bertz CT molecular complexity index is 821. The van der Waals surface area contributed by atoms with E-state index in [0.29, 0.717) is 42.4 Å². The third-order valence-corrected chi connectivity index (χ3v) is 7.26. The zero-order valence-corrected chi connectivity index (χ0v) is 18.1. The highest BCUT2D eigenvalue weighted by atomic mass is 35.5. The molecule has 0 spiro atoms. The predicted molar refractivity (Wildman–Crippen MR) is 113 cm³/mol. The van der Waals surface area contributed by atoms with Gasteiger partial charge in [0.2, 0.25) is 5.91 Å². The number of fused-ring (bicyclic) bond motifs is 1. The number of hydrogen-bond donors (Lipinski definition) is 0. The molecule has 0 bridgehead atoms. The number of ether oxygens (including phenoxy) is 1. The van der Waals surface area contributed by atoms with Crippen LogP contribution in [-0.2, 0) is 14.3 Å². The van der Waals surface area contributed by atoms with Crippen molar-refractivity contribution in [1.29, 1.82) is 0 Å². The summed E-state index contributed by atoms with van der Waals surface area (Å²) in [5.74, 6) is -0.0533. The number of carbonyl (C=O) groups excluding carboxylic acids is 3. The van der Waals surface area contributed by atoms with Gasteiger partial charge >= 0.3 is 5.97 Å². The molecular formula is C23H29ClN2O4. The topological polar surface area (TPSA) is 66.9 Å². The summed E-state index contributed by atoms with van der Waals surface area (Å²) in [4.78, 5) is 42.5. The Morgan fingerprint density at radius 1 is 1.07 bits per heavy atom. The second-order valence-corrected chi connectivity index (χ2v) is 9.15. The Labute approximate surface area is 182 Å². The van der Waals surface area contributed by atoms with Gasteiger partial charge in [-0.2, -0.15) is 0 Å². The number of piperidine rings is 1. The van der Waals surface area contributed by atoms with Crippen LogP contribution in [0.5, 0.6) is 0 Å². The summed E-state index contributed by atoms with van der Waals surface area (Å²) in [6, 6.07) is 6.67. The molecule has 1 aliphatic carbocycles. The number of halogens is 1. The van der Waals surface area contributed by atoms with E-state index in [9.17, 15) is 14.4 Å². The van der Waals surface area contributed by atoms with Crippen LogP contribution in [0, 0.1) is 11.8 Å². The van der Waals surface area contributed by atoms with Gasteiger partial charge in [0.25, 0.3) is 5.91 Å². The molecule has 2 aliphatic heterocycles. The first-order valence-electron chi connectivity index (χ1n) is 10.9. The van der Waals surface area contributed by atoms with Crippen molar-refractivity contribution in [3.05, 3.63) is 34.9 Å². The molecule has 30 heavy (non-hydrogen) atoms. The number of hydrogen-bond acceptors (Lipinski definition) is 4. The molecule has 7 heteroatoms. The smallest absolute Gasteiger partial charge is 0.308 e. The van der Waals surface area contributed by atoms with Crippen LogP contribution >= 0.6 is 11.6 Å². The number of likely N-dealkylation sites (tertiary alicyclic amines) is 2.